The summed E-state index contributed by atoms with van der Waals surface area (Å²) in [4.78, 5) is 20.6. The Morgan fingerprint density at radius 2 is 2.24 bits per heavy atom. The van der Waals surface area contributed by atoms with Crippen molar-refractivity contribution in [3.8, 4) is 0 Å². The van der Waals surface area contributed by atoms with Gasteiger partial charge in [-0.15, -0.1) is 0 Å². The highest BCUT2D eigenvalue weighted by atomic mass is 16.8. The van der Waals surface area contributed by atoms with Crippen LogP contribution in [0.2, 0.25) is 0 Å². The van der Waals surface area contributed by atoms with Gasteiger partial charge in [-0.05, 0) is 38.5 Å². The van der Waals surface area contributed by atoms with E-state index in [0.717, 1.165) is 17.3 Å². The first-order valence-corrected chi connectivity index (χ1v) is 8.47. The van der Waals surface area contributed by atoms with E-state index in [2.05, 4.69) is 15.3 Å². The van der Waals surface area contributed by atoms with Crippen molar-refractivity contribution in [2.24, 2.45) is 0 Å². The van der Waals surface area contributed by atoms with Crippen LogP contribution in [0.4, 0.5) is 0 Å². The van der Waals surface area contributed by atoms with Crippen LogP contribution in [0.3, 0.4) is 0 Å². The zero-order valence-electron chi connectivity index (χ0n) is 14.3. The number of rotatable bonds is 3. The summed E-state index contributed by atoms with van der Waals surface area (Å²) in [6.45, 7) is 4.79. The van der Waals surface area contributed by atoms with Crippen molar-refractivity contribution in [1.82, 2.24) is 15.3 Å². The quantitative estimate of drug-likeness (QED) is 0.913. The van der Waals surface area contributed by atoms with Crippen molar-refractivity contribution in [1.29, 1.82) is 0 Å². The summed E-state index contributed by atoms with van der Waals surface area (Å²) in [5.41, 5.74) is 1.38. The third kappa shape index (κ3) is 3.35. The first-order chi connectivity index (χ1) is 12.0. The number of hydrogen-bond acceptors (Lipinski definition) is 6. The molecule has 0 spiro atoms. The molecule has 2 saturated heterocycles. The van der Waals surface area contributed by atoms with Crippen LogP contribution in [0.25, 0.3) is 10.9 Å². The van der Waals surface area contributed by atoms with Crippen molar-refractivity contribution in [3.63, 3.8) is 0 Å². The van der Waals surface area contributed by atoms with E-state index < -0.39 is 5.79 Å². The van der Waals surface area contributed by atoms with Crippen molar-refractivity contribution < 1.29 is 19.0 Å². The summed E-state index contributed by atoms with van der Waals surface area (Å²) in [5.74, 6) is -0.765. The van der Waals surface area contributed by atoms with Crippen molar-refractivity contribution in [2.45, 2.75) is 44.4 Å². The van der Waals surface area contributed by atoms with Crippen LogP contribution in [0.15, 0.2) is 30.7 Å². The van der Waals surface area contributed by atoms with Gasteiger partial charge in [0.05, 0.1) is 11.6 Å². The number of hydrogen-bond donors (Lipinski definition) is 1. The second-order valence-electron chi connectivity index (χ2n) is 6.84. The fourth-order valence-electron chi connectivity index (χ4n) is 3.43. The molecule has 7 heteroatoms. The maximum absolute atomic E-state index is 12.5. The van der Waals surface area contributed by atoms with Crippen LogP contribution < -0.4 is 5.32 Å². The first-order valence-electron chi connectivity index (χ1n) is 8.47. The van der Waals surface area contributed by atoms with E-state index in [1.807, 2.05) is 19.9 Å². The predicted molar refractivity (Wildman–Crippen MR) is 90.1 cm³/mol. The fourth-order valence-corrected chi connectivity index (χ4v) is 3.43. The average Bonchev–Trinajstić information content (AvgIpc) is 2.93. The Balaban J connectivity index is 1.42. The lowest BCUT2D eigenvalue weighted by molar-refractivity contribution is -0.153. The van der Waals surface area contributed by atoms with Gasteiger partial charge < -0.3 is 19.5 Å². The van der Waals surface area contributed by atoms with Gasteiger partial charge in [0.1, 0.15) is 18.5 Å². The van der Waals surface area contributed by atoms with E-state index in [1.165, 1.54) is 6.33 Å². The number of carbonyl (C=O) groups is 1. The van der Waals surface area contributed by atoms with E-state index in [0.29, 0.717) is 18.7 Å². The summed E-state index contributed by atoms with van der Waals surface area (Å²) in [5, 5.41) is 3.76. The summed E-state index contributed by atoms with van der Waals surface area (Å²) in [6.07, 6.45) is 3.64. The van der Waals surface area contributed by atoms with Gasteiger partial charge in [0, 0.05) is 30.3 Å². The van der Waals surface area contributed by atoms with Gasteiger partial charge in [0.25, 0.3) is 5.91 Å². The molecule has 1 N–H and O–H groups in total. The monoisotopic (exact) mass is 343 g/mol. The summed E-state index contributed by atoms with van der Waals surface area (Å²) in [7, 11) is 0. The second-order valence-corrected chi connectivity index (χ2v) is 6.84. The third-order valence-electron chi connectivity index (χ3n) is 4.55. The molecule has 0 radical (unpaired) electrons. The highest BCUT2D eigenvalue weighted by Crippen LogP contribution is 2.34. The topological polar surface area (TPSA) is 82.6 Å². The maximum Gasteiger partial charge on any atom is 0.251 e. The molecule has 3 unspecified atom stereocenters. The van der Waals surface area contributed by atoms with Gasteiger partial charge in [-0.25, -0.2) is 9.97 Å². The number of benzene rings is 1. The van der Waals surface area contributed by atoms with Gasteiger partial charge in [0.2, 0.25) is 0 Å². The van der Waals surface area contributed by atoms with Crippen LogP contribution >= 0.6 is 0 Å². The smallest absolute Gasteiger partial charge is 0.251 e. The number of carbonyl (C=O) groups excluding carboxylic acids is 1. The third-order valence-corrected chi connectivity index (χ3v) is 4.55. The van der Waals surface area contributed by atoms with Crippen LogP contribution in [0.5, 0.6) is 0 Å². The second kappa shape index (κ2) is 6.33. The van der Waals surface area contributed by atoms with E-state index in [-0.39, 0.29) is 24.2 Å². The van der Waals surface area contributed by atoms with E-state index in [4.69, 9.17) is 14.2 Å². The number of aromatic nitrogens is 2. The SMILES string of the molecule is CC1(C)OC2CCOC(CNC(=O)c3ccc4ncncc4c3)C2O1. The molecule has 2 aliphatic heterocycles. The standard InChI is InChI=1S/C18H21N3O4/c1-18(2)24-14-5-6-23-15(16(14)25-18)9-20-17(22)11-3-4-13-12(7-11)8-19-10-21-13/h3-4,7-8,10,14-16H,5-6,9H2,1-2H3,(H,20,22). The summed E-state index contributed by atoms with van der Waals surface area (Å²) in [6, 6.07) is 5.36. The van der Waals surface area contributed by atoms with Gasteiger partial charge in [-0.1, -0.05) is 0 Å². The molecule has 0 aliphatic carbocycles. The summed E-state index contributed by atoms with van der Waals surface area (Å²) < 4.78 is 17.6. The molecule has 7 nitrogen and oxygen atoms in total. The normalized spacial score (nSPS) is 27.8. The lowest BCUT2D eigenvalue weighted by atomic mass is 10.0. The largest absolute Gasteiger partial charge is 0.373 e. The van der Waals surface area contributed by atoms with Crippen molar-refractivity contribution >= 4 is 16.8 Å². The molecule has 2 aromatic rings. The Labute approximate surface area is 145 Å². The molecule has 1 aromatic heterocycles. The zero-order valence-corrected chi connectivity index (χ0v) is 14.3. The average molecular weight is 343 g/mol. The Morgan fingerprint density at radius 1 is 1.36 bits per heavy atom. The molecule has 25 heavy (non-hydrogen) atoms. The van der Waals surface area contributed by atoms with Gasteiger partial charge in [-0.3, -0.25) is 4.79 Å². The highest BCUT2D eigenvalue weighted by Gasteiger charge is 2.47. The molecule has 1 aromatic carbocycles. The van der Waals surface area contributed by atoms with E-state index in [9.17, 15) is 4.79 Å². The molecule has 0 saturated carbocycles. The van der Waals surface area contributed by atoms with Gasteiger partial charge in [-0.2, -0.15) is 0 Å². The Morgan fingerprint density at radius 3 is 3.12 bits per heavy atom. The molecular formula is C18H21N3O4. The predicted octanol–water partition coefficient (Wildman–Crippen LogP) is 1.67. The summed E-state index contributed by atoms with van der Waals surface area (Å²) >= 11 is 0. The van der Waals surface area contributed by atoms with Crippen LogP contribution in [-0.2, 0) is 14.2 Å². The van der Waals surface area contributed by atoms with Gasteiger partial charge >= 0.3 is 0 Å². The Hall–Kier alpha value is -2.09. The molecule has 4 rings (SSSR count). The number of amides is 1. The van der Waals surface area contributed by atoms with E-state index in [1.54, 1.807) is 18.3 Å². The Kier molecular flexibility index (Phi) is 4.15. The van der Waals surface area contributed by atoms with Crippen molar-refractivity contribution in [2.75, 3.05) is 13.2 Å². The molecule has 3 heterocycles. The molecule has 0 bridgehead atoms. The molecular weight excluding hydrogens is 322 g/mol. The van der Waals surface area contributed by atoms with Crippen LogP contribution in [0, 0.1) is 0 Å². The van der Waals surface area contributed by atoms with Gasteiger partial charge in [0.15, 0.2) is 5.79 Å². The first kappa shape index (κ1) is 16.4. The molecule has 2 fully saturated rings. The lowest BCUT2D eigenvalue weighted by Crippen LogP contribution is -2.48. The highest BCUT2D eigenvalue weighted by molar-refractivity contribution is 5.97. The number of fused-ring (bicyclic) bond motifs is 2. The van der Waals surface area contributed by atoms with Crippen LogP contribution in [-0.4, -0.2) is 53.1 Å². The maximum atomic E-state index is 12.5. The van der Waals surface area contributed by atoms with E-state index >= 15 is 0 Å². The molecule has 1 amide bonds. The lowest BCUT2D eigenvalue weighted by Gasteiger charge is -2.31. The van der Waals surface area contributed by atoms with Crippen molar-refractivity contribution in [3.05, 3.63) is 36.3 Å². The number of ether oxygens (including phenoxy) is 3. The fraction of sp³-hybridized carbons (Fsp3) is 0.500. The minimum Gasteiger partial charge on any atom is -0.373 e. The minimum absolute atomic E-state index is 0.0171. The minimum atomic E-state index is -0.608. The van der Waals surface area contributed by atoms with Crippen LogP contribution in [0.1, 0.15) is 30.6 Å². The number of nitrogens with zero attached hydrogens (tertiary/aromatic N) is 2. The Bertz CT molecular complexity index is 795. The molecule has 3 atom stereocenters. The zero-order chi connectivity index (χ0) is 17.4. The molecule has 2 aliphatic rings. The molecule has 132 valence electrons. The number of nitrogens with one attached hydrogen (secondary N) is 1.